The van der Waals surface area contributed by atoms with Gasteiger partial charge in [0.1, 0.15) is 12.4 Å². The Morgan fingerprint density at radius 2 is 1.95 bits per heavy atom. The number of fused-ring (bicyclic) bond motifs is 1. The van der Waals surface area contributed by atoms with E-state index in [9.17, 15) is 9.59 Å². The second-order valence-corrected chi connectivity index (χ2v) is 10.6. The molecule has 0 amide bonds. The Balaban J connectivity index is 1.81. The van der Waals surface area contributed by atoms with Crippen LogP contribution in [0.2, 0.25) is 10.0 Å². The minimum Gasteiger partial charge on any atom is -0.494 e. The molecule has 198 valence electrons. The molecule has 0 fully saturated rings. The van der Waals surface area contributed by atoms with Crippen molar-refractivity contribution >= 4 is 46.6 Å². The normalized spacial score (nSPS) is 15.2. The van der Waals surface area contributed by atoms with Crippen molar-refractivity contribution in [2.75, 3.05) is 13.2 Å². The molecule has 0 saturated heterocycles. The van der Waals surface area contributed by atoms with Gasteiger partial charge in [0, 0.05) is 10.0 Å². The van der Waals surface area contributed by atoms with Crippen LogP contribution in [0.4, 0.5) is 0 Å². The molecule has 0 saturated carbocycles. The van der Waals surface area contributed by atoms with Crippen LogP contribution in [0.5, 0.6) is 5.75 Å². The molecule has 1 atom stereocenters. The average molecular weight is 572 g/mol. The third kappa shape index (κ3) is 6.12. The van der Waals surface area contributed by atoms with Crippen molar-refractivity contribution in [1.29, 1.82) is 0 Å². The first-order chi connectivity index (χ1) is 18.3. The topological polar surface area (TPSA) is 69.9 Å². The van der Waals surface area contributed by atoms with E-state index >= 15 is 0 Å². The standard InChI is InChI=1S/C29H28Cl2N2O4S/c1-4-6-7-15-36-22-12-9-19(10-13-22)26-25(28(35)37-14-5-2)18(3)32-29-33(26)27(34)24(38-29)16-20-8-11-21(30)17-23(20)31/h5,8-13,16-17,26H,2,4,6-7,14-15H2,1,3H3. The first-order valence-electron chi connectivity index (χ1n) is 12.3. The molecule has 0 aliphatic carbocycles. The minimum atomic E-state index is -0.722. The van der Waals surface area contributed by atoms with Gasteiger partial charge >= 0.3 is 5.97 Å². The summed E-state index contributed by atoms with van der Waals surface area (Å²) in [5.74, 6) is 0.178. The average Bonchev–Trinajstić information content (AvgIpc) is 3.20. The van der Waals surface area contributed by atoms with E-state index in [1.165, 1.54) is 22.0 Å². The molecule has 2 aromatic carbocycles. The first-order valence-corrected chi connectivity index (χ1v) is 13.9. The summed E-state index contributed by atoms with van der Waals surface area (Å²) in [6.45, 7) is 8.19. The predicted octanol–water partition coefficient (Wildman–Crippen LogP) is 5.84. The summed E-state index contributed by atoms with van der Waals surface area (Å²) in [4.78, 5) is 32.0. The molecule has 1 aliphatic rings. The number of thiazole rings is 1. The number of esters is 1. The Morgan fingerprint density at radius 3 is 2.63 bits per heavy atom. The van der Waals surface area contributed by atoms with Gasteiger partial charge in [-0.3, -0.25) is 9.36 Å². The van der Waals surface area contributed by atoms with Crippen LogP contribution >= 0.6 is 34.5 Å². The van der Waals surface area contributed by atoms with Gasteiger partial charge in [-0.15, -0.1) is 0 Å². The maximum atomic E-state index is 13.7. The van der Waals surface area contributed by atoms with Crippen LogP contribution < -0.4 is 19.6 Å². The van der Waals surface area contributed by atoms with E-state index in [0.29, 0.717) is 42.8 Å². The van der Waals surface area contributed by atoms with Crippen LogP contribution in [0, 0.1) is 0 Å². The van der Waals surface area contributed by atoms with Crippen LogP contribution in [0.1, 0.15) is 50.3 Å². The van der Waals surface area contributed by atoms with Crippen LogP contribution in [0.3, 0.4) is 0 Å². The van der Waals surface area contributed by atoms with Crippen molar-refractivity contribution in [3.63, 3.8) is 0 Å². The largest absolute Gasteiger partial charge is 0.494 e. The van der Waals surface area contributed by atoms with Gasteiger partial charge < -0.3 is 9.47 Å². The highest BCUT2D eigenvalue weighted by molar-refractivity contribution is 7.07. The number of carbonyl (C=O) groups is 1. The Morgan fingerprint density at radius 1 is 1.18 bits per heavy atom. The Hall–Kier alpha value is -3.13. The van der Waals surface area contributed by atoms with Gasteiger partial charge in [-0.1, -0.05) is 85.2 Å². The van der Waals surface area contributed by atoms with E-state index < -0.39 is 12.0 Å². The number of hydrogen-bond donors (Lipinski definition) is 0. The lowest BCUT2D eigenvalue weighted by molar-refractivity contribution is -0.138. The molecule has 6 nitrogen and oxygen atoms in total. The van der Waals surface area contributed by atoms with Gasteiger partial charge in [0.15, 0.2) is 4.80 Å². The fourth-order valence-corrected chi connectivity index (χ4v) is 5.66. The molecular formula is C29H28Cl2N2O4S. The first kappa shape index (κ1) is 27.9. The van der Waals surface area contributed by atoms with Gasteiger partial charge in [-0.05, 0) is 54.8 Å². The van der Waals surface area contributed by atoms with Gasteiger partial charge in [0.2, 0.25) is 0 Å². The number of carbonyl (C=O) groups excluding carboxylic acids is 1. The zero-order chi connectivity index (χ0) is 27.2. The highest BCUT2D eigenvalue weighted by Gasteiger charge is 2.33. The summed E-state index contributed by atoms with van der Waals surface area (Å²) in [7, 11) is 0. The smallest absolute Gasteiger partial charge is 0.338 e. The van der Waals surface area contributed by atoms with E-state index in [4.69, 9.17) is 32.7 Å². The number of benzene rings is 2. The number of rotatable bonds is 10. The fourth-order valence-electron chi connectivity index (χ4n) is 4.16. The molecule has 1 aromatic heterocycles. The van der Waals surface area contributed by atoms with Gasteiger partial charge in [0.05, 0.1) is 28.5 Å². The van der Waals surface area contributed by atoms with Crippen molar-refractivity contribution < 1.29 is 14.3 Å². The molecule has 38 heavy (non-hydrogen) atoms. The van der Waals surface area contributed by atoms with Crippen molar-refractivity contribution in [1.82, 2.24) is 4.57 Å². The van der Waals surface area contributed by atoms with Crippen molar-refractivity contribution in [2.45, 2.75) is 39.2 Å². The number of ether oxygens (including phenoxy) is 2. The Kier molecular flexibility index (Phi) is 9.26. The van der Waals surface area contributed by atoms with E-state index in [1.807, 2.05) is 24.3 Å². The summed E-state index contributed by atoms with van der Waals surface area (Å²) in [6, 6.07) is 11.8. The fraction of sp³-hybridized carbons (Fsp3) is 0.276. The number of allylic oxidation sites excluding steroid dienone is 1. The molecular weight excluding hydrogens is 543 g/mol. The van der Waals surface area contributed by atoms with E-state index in [2.05, 4.69) is 18.5 Å². The molecule has 0 radical (unpaired) electrons. The molecule has 9 heteroatoms. The second kappa shape index (κ2) is 12.6. The Labute approximate surface area is 235 Å². The minimum absolute atomic E-state index is 0.0480. The number of halogens is 2. The molecule has 4 rings (SSSR count). The summed E-state index contributed by atoms with van der Waals surface area (Å²) in [5, 5.41) is 0.934. The lowest BCUT2D eigenvalue weighted by Crippen LogP contribution is -2.39. The van der Waals surface area contributed by atoms with Crippen LogP contribution in [0.25, 0.3) is 6.08 Å². The number of hydrogen-bond acceptors (Lipinski definition) is 6. The molecule has 0 spiro atoms. The highest BCUT2D eigenvalue weighted by Crippen LogP contribution is 2.32. The number of aromatic nitrogens is 1. The van der Waals surface area contributed by atoms with Crippen LogP contribution in [-0.4, -0.2) is 23.8 Å². The van der Waals surface area contributed by atoms with E-state index in [0.717, 1.165) is 30.6 Å². The third-order valence-corrected chi connectivity index (χ3v) is 7.58. The molecule has 1 unspecified atom stereocenters. The molecule has 1 aliphatic heterocycles. The third-order valence-electron chi connectivity index (χ3n) is 6.04. The molecule has 3 aromatic rings. The van der Waals surface area contributed by atoms with Crippen LogP contribution in [0.15, 0.2) is 76.2 Å². The predicted molar refractivity (Wildman–Crippen MR) is 153 cm³/mol. The monoisotopic (exact) mass is 570 g/mol. The zero-order valence-corrected chi connectivity index (χ0v) is 23.5. The lowest BCUT2D eigenvalue weighted by Gasteiger charge is -2.24. The summed E-state index contributed by atoms with van der Waals surface area (Å²) >= 11 is 13.6. The Bertz CT molecular complexity index is 1550. The summed E-state index contributed by atoms with van der Waals surface area (Å²) in [6.07, 6.45) is 6.41. The van der Waals surface area contributed by atoms with Gasteiger partial charge in [0.25, 0.3) is 5.56 Å². The van der Waals surface area contributed by atoms with E-state index in [1.54, 1.807) is 31.2 Å². The zero-order valence-electron chi connectivity index (χ0n) is 21.2. The quantitative estimate of drug-likeness (QED) is 0.174. The second-order valence-electron chi connectivity index (χ2n) is 8.76. The van der Waals surface area contributed by atoms with Crippen molar-refractivity contribution in [3.05, 3.63) is 107 Å². The SMILES string of the molecule is C=CCOC(=O)C1=C(C)N=c2sc(=Cc3ccc(Cl)cc3Cl)c(=O)n2C1c1ccc(OCCCCC)cc1. The van der Waals surface area contributed by atoms with E-state index in [-0.39, 0.29) is 12.2 Å². The van der Waals surface area contributed by atoms with Crippen molar-refractivity contribution in [2.24, 2.45) is 4.99 Å². The van der Waals surface area contributed by atoms with Crippen LogP contribution in [-0.2, 0) is 9.53 Å². The summed E-state index contributed by atoms with van der Waals surface area (Å²) in [5.41, 5.74) is 1.89. The maximum absolute atomic E-state index is 13.7. The van der Waals surface area contributed by atoms with Crippen molar-refractivity contribution in [3.8, 4) is 5.75 Å². The molecule has 0 N–H and O–H groups in total. The number of nitrogens with zero attached hydrogens (tertiary/aromatic N) is 2. The van der Waals surface area contributed by atoms with Gasteiger partial charge in [-0.25, -0.2) is 9.79 Å². The highest BCUT2D eigenvalue weighted by atomic mass is 35.5. The number of unbranched alkanes of at least 4 members (excludes halogenated alkanes) is 2. The molecule has 0 bridgehead atoms. The maximum Gasteiger partial charge on any atom is 0.338 e. The lowest BCUT2D eigenvalue weighted by atomic mass is 9.96. The molecule has 2 heterocycles. The van der Waals surface area contributed by atoms with Gasteiger partial charge in [-0.2, -0.15) is 0 Å². The summed E-state index contributed by atoms with van der Waals surface area (Å²) < 4.78 is 13.2.